The Balaban J connectivity index is 3.16. The Morgan fingerprint density at radius 2 is 1.76 bits per heavy atom. The third kappa shape index (κ3) is 3.37. The number of rotatable bonds is 4. The number of hydrogen-bond acceptors (Lipinski definition) is 2. The fourth-order valence-corrected chi connectivity index (χ4v) is 3.68. The maximum Gasteiger partial charge on any atom is 0.340 e. The van der Waals surface area contributed by atoms with Gasteiger partial charge in [-0.3, -0.25) is 0 Å². The Kier molecular flexibility index (Phi) is 3.73. The summed E-state index contributed by atoms with van der Waals surface area (Å²) in [5, 5.41) is 19.5. The first-order valence-electron chi connectivity index (χ1n) is 5.37. The lowest BCUT2D eigenvalue weighted by molar-refractivity contribution is -0.157. The van der Waals surface area contributed by atoms with E-state index in [1.54, 1.807) is 0 Å². The van der Waals surface area contributed by atoms with Gasteiger partial charge in [-0.15, -0.1) is 0 Å². The Labute approximate surface area is 101 Å². The SMILES string of the molecule is C[Si](C)(C)CC(O)(C(=O)O)c1ccc(F)cc1. The first kappa shape index (κ1) is 13.9. The van der Waals surface area contributed by atoms with Crippen LogP contribution in [0.3, 0.4) is 0 Å². The van der Waals surface area contributed by atoms with Gasteiger partial charge in [-0.25, -0.2) is 9.18 Å². The average molecular weight is 256 g/mol. The third-order valence-corrected chi connectivity index (χ3v) is 4.03. The summed E-state index contributed by atoms with van der Waals surface area (Å²) in [4.78, 5) is 11.3. The van der Waals surface area contributed by atoms with Crippen LogP contribution in [0.5, 0.6) is 0 Å². The van der Waals surface area contributed by atoms with Gasteiger partial charge in [-0.05, 0) is 23.7 Å². The highest BCUT2D eigenvalue weighted by molar-refractivity contribution is 6.76. The fraction of sp³-hybridized carbons (Fsp3) is 0.417. The zero-order valence-electron chi connectivity index (χ0n) is 10.2. The number of aliphatic hydroxyl groups is 1. The first-order chi connectivity index (χ1) is 7.65. The molecule has 0 radical (unpaired) electrons. The normalized spacial score (nSPS) is 15.4. The van der Waals surface area contributed by atoms with E-state index >= 15 is 0 Å². The van der Waals surface area contributed by atoms with Crippen LogP contribution in [0, 0.1) is 5.82 Å². The van der Waals surface area contributed by atoms with Gasteiger partial charge < -0.3 is 10.2 Å². The third-order valence-electron chi connectivity index (χ3n) is 2.46. The lowest BCUT2D eigenvalue weighted by Crippen LogP contribution is -2.42. The van der Waals surface area contributed by atoms with Crippen molar-refractivity contribution in [2.45, 2.75) is 31.3 Å². The molecular weight excluding hydrogens is 239 g/mol. The Morgan fingerprint density at radius 3 is 2.12 bits per heavy atom. The molecule has 3 nitrogen and oxygen atoms in total. The molecule has 0 amide bonds. The van der Waals surface area contributed by atoms with Gasteiger partial charge in [0, 0.05) is 8.07 Å². The van der Waals surface area contributed by atoms with Gasteiger partial charge in [0.1, 0.15) is 5.82 Å². The van der Waals surface area contributed by atoms with Crippen LogP contribution in [0.2, 0.25) is 25.7 Å². The van der Waals surface area contributed by atoms with Crippen LogP contribution in [0.1, 0.15) is 5.56 Å². The number of halogens is 1. The molecule has 1 atom stereocenters. The minimum atomic E-state index is -1.92. The minimum Gasteiger partial charge on any atom is -0.479 e. The zero-order chi connectivity index (χ0) is 13.3. The molecule has 0 aromatic heterocycles. The van der Waals surface area contributed by atoms with Crippen LogP contribution >= 0.6 is 0 Å². The van der Waals surface area contributed by atoms with Crippen molar-refractivity contribution in [1.29, 1.82) is 0 Å². The molecule has 0 aliphatic heterocycles. The van der Waals surface area contributed by atoms with E-state index in [0.29, 0.717) is 0 Å². The van der Waals surface area contributed by atoms with Crippen molar-refractivity contribution in [3.05, 3.63) is 35.6 Å². The van der Waals surface area contributed by atoms with Crippen molar-refractivity contribution >= 4 is 14.0 Å². The van der Waals surface area contributed by atoms with Crippen molar-refractivity contribution in [2.24, 2.45) is 0 Å². The Hall–Kier alpha value is -1.20. The van der Waals surface area contributed by atoms with E-state index in [0.717, 1.165) is 12.1 Å². The van der Waals surface area contributed by atoms with Gasteiger partial charge in [-0.2, -0.15) is 0 Å². The number of aliphatic carboxylic acids is 1. The smallest absolute Gasteiger partial charge is 0.340 e. The number of benzene rings is 1. The molecule has 0 bridgehead atoms. The van der Waals surface area contributed by atoms with Gasteiger partial charge in [-0.1, -0.05) is 31.8 Å². The number of carboxylic acids is 1. The molecule has 17 heavy (non-hydrogen) atoms. The molecule has 1 unspecified atom stereocenters. The predicted octanol–water partition coefficient (Wildman–Crippen LogP) is 2.44. The summed E-state index contributed by atoms with van der Waals surface area (Å²) in [6, 6.07) is 5.16. The molecule has 1 rings (SSSR count). The molecule has 0 saturated carbocycles. The van der Waals surface area contributed by atoms with Gasteiger partial charge in [0.2, 0.25) is 0 Å². The molecule has 0 aliphatic carbocycles. The summed E-state index contributed by atoms with van der Waals surface area (Å²) in [7, 11) is -1.78. The molecule has 94 valence electrons. The van der Waals surface area contributed by atoms with E-state index in [9.17, 15) is 19.4 Å². The summed E-state index contributed by atoms with van der Waals surface area (Å²) < 4.78 is 12.8. The van der Waals surface area contributed by atoms with Gasteiger partial charge in [0.05, 0.1) is 0 Å². The molecule has 0 spiro atoms. The second-order valence-electron chi connectivity index (χ2n) is 5.41. The van der Waals surface area contributed by atoms with E-state index < -0.39 is 25.5 Å². The number of hydrogen-bond donors (Lipinski definition) is 2. The summed E-state index contributed by atoms with van der Waals surface area (Å²) in [5.74, 6) is -1.74. The summed E-state index contributed by atoms with van der Waals surface area (Å²) in [6.45, 7) is 5.93. The average Bonchev–Trinajstić information content (AvgIpc) is 2.15. The van der Waals surface area contributed by atoms with Crippen molar-refractivity contribution in [3.63, 3.8) is 0 Å². The molecule has 0 fully saturated rings. The maximum absolute atomic E-state index is 12.8. The maximum atomic E-state index is 12.8. The van der Waals surface area contributed by atoms with Crippen LogP contribution < -0.4 is 0 Å². The van der Waals surface area contributed by atoms with Crippen molar-refractivity contribution in [3.8, 4) is 0 Å². The van der Waals surface area contributed by atoms with Crippen LogP contribution in [0.15, 0.2) is 24.3 Å². The van der Waals surface area contributed by atoms with Gasteiger partial charge in [0.15, 0.2) is 5.60 Å². The quantitative estimate of drug-likeness (QED) is 0.813. The van der Waals surface area contributed by atoms with Crippen molar-refractivity contribution in [1.82, 2.24) is 0 Å². The molecule has 0 heterocycles. The van der Waals surface area contributed by atoms with E-state index in [4.69, 9.17) is 0 Å². The highest BCUT2D eigenvalue weighted by Gasteiger charge is 2.41. The van der Waals surface area contributed by atoms with Crippen LogP contribution in [0.4, 0.5) is 4.39 Å². The summed E-state index contributed by atoms with van der Waals surface area (Å²) in [6.07, 6.45) is 0. The number of carbonyl (C=O) groups is 1. The zero-order valence-corrected chi connectivity index (χ0v) is 11.2. The monoisotopic (exact) mass is 256 g/mol. The second-order valence-corrected chi connectivity index (χ2v) is 10.9. The minimum absolute atomic E-state index is 0.195. The molecule has 0 saturated heterocycles. The van der Waals surface area contributed by atoms with E-state index in [1.165, 1.54) is 12.1 Å². The second kappa shape index (κ2) is 4.58. The van der Waals surface area contributed by atoms with Gasteiger partial charge >= 0.3 is 5.97 Å². The first-order valence-corrected chi connectivity index (χ1v) is 9.08. The molecule has 1 aromatic rings. The predicted molar refractivity (Wildman–Crippen MR) is 66.1 cm³/mol. The van der Waals surface area contributed by atoms with Crippen LogP contribution in [-0.4, -0.2) is 24.3 Å². The van der Waals surface area contributed by atoms with Crippen LogP contribution in [-0.2, 0) is 10.4 Å². The summed E-state index contributed by atoms with van der Waals surface area (Å²) >= 11 is 0. The van der Waals surface area contributed by atoms with Gasteiger partial charge in [0.25, 0.3) is 0 Å². The standard InChI is InChI=1S/C12H17FO3Si/c1-17(2,3)8-12(16,11(14)15)9-4-6-10(13)7-5-9/h4-7,16H,8H2,1-3H3,(H,14,15). The molecule has 0 aliphatic rings. The lowest BCUT2D eigenvalue weighted by atomic mass is 9.96. The van der Waals surface area contributed by atoms with E-state index in [-0.39, 0.29) is 11.6 Å². The van der Waals surface area contributed by atoms with E-state index in [1.807, 2.05) is 19.6 Å². The Morgan fingerprint density at radius 1 is 1.29 bits per heavy atom. The highest BCUT2D eigenvalue weighted by atomic mass is 28.3. The van der Waals surface area contributed by atoms with Crippen LogP contribution in [0.25, 0.3) is 0 Å². The fourth-order valence-electron chi connectivity index (χ4n) is 1.79. The summed E-state index contributed by atoms with van der Waals surface area (Å²) in [5.41, 5.74) is -1.69. The lowest BCUT2D eigenvalue weighted by Gasteiger charge is -2.30. The van der Waals surface area contributed by atoms with Crippen molar-refractivity contribution in [2.75, 3.05) is 0 Å². The van der Waals surface area contributed by atoms with E-state index in [2.05, 4.69) is 0 Å². The largest absolute Gasteiger partial charge is 0.479 e. The number of carboxylic acid groups (broad SMARTS) is 1. The highest BCUT2D eigenvalue weighted by Crippen LogP contribution is 2.31. The molecular formula is C12H17FO3Si. The molecule has 1 aromatic carbocycles. The molecule has 5 heteroatoms. The van der Waals surface area contributed by atoms with Crippen molar-refractivity contribution < 1.29 is 19.4 Å². The topological polar surface area (TPSA) is 57.5 Å². The Bertz CT molecular complexity index is 411. The molecule has 2 N–H and O–H groups in total.